The number of aromatic nitrogens is 1. The van der Waals surface area contributed by atoms with Gasteiger partial charge in [0.05, 0.1) is 6.54 Å². The molecule has 1 aliphatic carbocycles. The number of hydrazone groups is 1. The Morgan fingerprint density at radius 1 is 1.24 bits per heavy atom. The van der Waals surface area contributed by atoms with E-state index in [1.807, 2.05) is 36.4 Å². The molecule has 1 N–H and O–H groups in total. The third-order valence-electron chi connectivity index (χ3n) is 5.06. The Bertz CT molecular complexity index is 1010. The van der Waals surface area contributed by atoms with E-state index >= 15 is 0 Å². The first-order chi connectivity index (χ1) is 14.2. The van der Waals surface area contributed by atoms with Crippen LogP contribution in [0.25, 0.3) is 0 Å². The summed E-state index contributed by atoms with van der Waals surface area (Å²) in [6.07, 6.45) is 5.92. The van der Waals surface area contributed by atoms with Gasteiger partial charge in [0, 0.05) is 41.6 Å². The van der Waals surface area contributed by atoms with E-state index in [0.29, 0.717) is 12.6 Å². The lowest BCUT2D eigenvalue weighted by molar-refractivity contribution is 0.100. The van der Waals surface area contributed by atoms with Crippen molar-refractivity contribution in [1.29, 1.82) is 0 Å². The van der Waals surface area contributed by atoms with Gasteiger partial charge in [0.25, 0.3) is 0 Å². The first kappa shape index (κ1) is 19.0. The Balaban J connectivity index is 1.31. The van der Waals surface area contributed by atoms with Crippen LogP contribution in [0.15, 0.2) is 58.9 Å². The first-order valence-corrected chi connectivity index (χ1v) is 11.8. The van der Waals surface area contributed by atoms with E-state index in [2.05, 4.69) is 32.4 Å². The molecule has 2 aromatic rings. The number of amidine groups is 1. The van der Waals surface area contributed by atoms with E-state index < -0.39 is 21.1 Å². The fraction of sp³-hybridized carbons (Fsp3) is 0.300. The minimum absolute atomic E-state index is 0.0228. The van der Waals surface area contributed by atoms with Gasteiger partial charge in [0.15, 0.2) is 12.1 Å². The van der Waals surface area contributed by atoms with Crippen molar-refractivity contribution >= 4 is 48.1 Å². The molecule has 0 radical (unpaired) electrons. The Hall–Kier alpha value is -2.04. The number of nitrogens with zero attached hydrogens (tertiary/aromatic N) is 5. The lowest BCUT2D eigenvalue weighted by Gasteiger charge is -2.33. The van der Waals surface area contributed by atoms with Crippen molar-refractivity contribution in [2.75, 3.05) is 13.6 Å². The Kier molecular flexibility index (Phi) is 5.23. The van der Waals surface area contributed by atoms with Crippen LogP contribution in [0.5, 0.6) is 0 Å². The largest absolute Gasteiger partial charge is 0.417 e. The highest BCUT2D eigenvalue weighted by molar-refractivity contribution is 14.2. The van der Waals surface area contributed by atoms with Crippen molar-refractivity contribution in [2.24, 2.45) is 10.1 Å². The zero-order chi connectivity index (χ0) is 19.8. The van der Waals surface area contributed by atoms with Gasteiger partial charge in [-0.15, -0.1) is 0 Å². The predicted octanol–water partition coefficient (Wildman–Crippen LogP) is 3.17. The monoisotopic (exact) mass is 522 g/mol. The van der Waals surface area contributed by atoms with Gasteiger partial charge in [-0.05, 0) is 37.1 Å². The lowest BCUT2D eigenvalue weighted by atomic mass is 10.2. The molecule has 5 rings (SSSR count). The molecule has 1 aromatic heterocycles. The zero-order valence-corrected chi connectivity index (χ0v) is 18.7. The Labute approximate surface area is 184 Å². The van der Waals surface area contributed by atoms with Gasteiger partial charge in [-0.3, -0.25) is 15.3 Å². The summed E-state index contributed by atoms with van der Waals surface area (Å²) in [5.41, 5.74) is 5.39. The molecule has 1 fully saturated rings. The summed E-state index contributed by atoms with van der Waals surface area (Å²) in [4.78, 5) is 13.4. The maximum absolute atomic E-state index is 6.13. The molecule has 150 valence electrons. The molecule has 0 amide bonds. The fourth-order valence-corrected chi connectivity index (χ4v) is 5.30. The number of hydrogen-bond donors (Lipinski definition) is 1. The fourth-order valence-electron chi connectivity index (χ4n) is 3.45. The van der Waals surface area contributed by atoms with Crippen molar-refractivity contribution in [3.05, 3.63) is 64.9 Å². The van der Waals surface area contributed by atoms with Crippen LogP contribution in [-0.2, 0) is 3.07 Å². The summed E-state index contributed by atoms with van der Waals surface area (Å²) >= 11 is 5.53. The standard InChI is InChI=1S/C20H20ClIN6O/c1-27-19(13-7-9-23-10-8-13)25-26-20(27)28(16-5-6-16)12-17-24-18(22-29-17)14-3-2-4-15(21)11-14/h2-4,7-11,16,20,26H,5-6,12H2,1H3. The highest BCUT2D eigenvalue weighted by Gasteiger charge is 2.40. The van der Waals surface area contributed by atoms with Crippen LogP contribution < -0.4 is 5.43 Å². The molecule has 1 saturated carbocycles. The molecule has 0 saturated heterocycles. The summed E-state index contributed by atoms with van der Waals surface area (Å²) in [5.74, 6) is 1.70. The molecule has 0 bridgehead atoms. The third-order valence-corrected chi connectivity index (χ3v) is 7.30. The van der Waals surface area contributed by atoms with Gasteiger partial charge >= 0.3 is 0 Å². The normalized spacial score (nSPS) is 21.1. The maximum Gasteiger partial charge on any atom is 0.214 e. The van der Waals surface area contributed by atoms with Gasteiger partial charge in [0.1, 0.15) is 24.8 Å². The molecular formula is C20H20ClIN6O. The van der Waals surface area contributed by atoms with Crippen LogP contribution in [0, 0.1) is 0 Å². The maximum atomic E-state index is 6.13. The number of pyridine rings is 1. The second kappa shape index (κ2) is 8.00. The van der Waals surface area contributed by atoms with Gasteiger partial charge in [0.2, 0.25) is 5.90 Å². The highest BCUT2D eigenvalue weighted by atomic mass is 127. The average molecular weight is 523 g/mol. The van der Waals surface area contributed by atoms with E-state index in [0.717, 1.165) is 31.5 Å². The van der Waals surface area contributed by atoms with E-state index in [1.54, 1.807) is 12.4 Å². The quantitative estimate of drug-likeness (QED) is 0.591. The minimum atomic E-state index is -0.599. The highest BCUT2D eigenvalue weighted by Crippen LogP contribution is 2.31. The Morgan fingerprint density at radius 2 is 2.07 bits per heavy atom. The molecule has 0 spiro atoms. The molecule has 1 atom stereocenters. The SMILES string of the molecule is CN1C(c2ccncc2)=NNC1N(CC1=NC(c2cccc(Cl)c2)=IO1)C1CC1. The molecule has 2 aliphatic heterocycles. The lowest BCUT2D eigenvalue weighted by Crippen LogP contribution is -2.53. The second-order valence-electron chi connectivity index (χ2n) is 7.15. The number of hydrogen-bond acceptors (Lipinski definition) is 7. The van der Waals surface area contributed by atoms with Crippen molar-refractivity contribution in [3.8, 4) is 0 Å². The zero-order valence-electron chi connectivity index (χ0n) is 15.8. The van der Waals surface area contributed by atoms with Gasteiger partial charge in [-0.2, -0.15) is 5.10 Å². The minimum Gasteiger partial charge on any atom is -0.417 e. The van der Waals surface area contributed by atoms with Crippen LogP contribution in [0.1, 0.15) is 24.0 Å². The molecule has 9 heteroatoms. The van der Waals surface area contributed by atoms with E-state index in [-0.39, 0.29) is 6.29 Å². The van der Waals surface area contributed by atoms with Crippen LogP contribution in [0.2, 0.25) is 5.02 Å². The summed E-state index contributed by atoms with van der Waals surface area (Å²) < 4.78 is 7.05. The number of rotatable bonds is 6. The van der Waals surface area contributed by atoms with E-state index in [4.69, 9.17) is 19.7 Å². The van der Waals surface area contributed by atoms with Crippen LogP contribution in [0.4, 0.5) is 0 Å². The molecule has 3 heterocycles. The second-order valence-corrected chi connectivity index (χ2v) is 9.49. The average Bonchev–Trinajstić information content (AvgIpc) is 3.35. The van der Waals surface area contributed by atoms with Gasteiger partial charge in [-0.1, -0.05) is 23.7 Å². The van der Waals surface area contributed by atoms with Crippen molar-refractivity contribution in [2.45, 2.75) is 25.2 Å². The molecule has 29 heavy (non-hydrogen) atoms. The topological polar surface area (TPSA) is 65.4 Å². The van der Waals surface area contributed by atoms with Gasteiger partial charge < -0.3 is 7.97 Å². The smallest absolute Gasteiger partial charge is 0.214 e. The number of aliphatic imine (C=N–C) groups is 1. The predicted molar refractivity (Wildman–Crippen MR) is 123 cm³/mol. The van der Waals surface area contributed by atoms with E-state index in [9.17, 15) is 0 Å². The van der Waals surface area contributed by atoms with Crippen LogP contribution in [0.3, 0.4) is 0 Å². The first-order valence-electron chi connectivity index (χ1n) is 9.43. The molecule has 1 unspecified atom stereocenters. The summed E-state index contributed by atoms with van der Waals surface area (Å²) in [5, 5.41) is 5.30. The van der Waals surface area contributed by atoms with Gasteiger partial charge in [-0.25, -0.2) is 4.99 Å². The number of benzene rings is 1. The van der Waals surface area contributed by atoms with Crippen LogP contribution in [-0.4, -0.2) is 56.1 Å². The number of halogens is 2. The summed E-state index contributed by atoms with van der Waals surface area (Å²) in [6.45, 7) is 0.662. The third kappa shape index (κ3) is 4.01. The molecule has 1 aromatic carbocycles. The molecule has 3 aliphatic rings. The molecule has 7 nitrogen and oxygen atoms in total. The molecular weight excluding hydrogens is 503 g/mol. The van der Waals surface area contributed by atoms with Crippen molar-refractivity contribution in [3.63, 3.8) is 0 Å². The number of nitrogens with one attached hydrogen (secondary N) is 1. The van der Waals surface area contributed by atoms with Crippen molar-refractivity contribution < 1.29 is 3.07 Å². The summed E-state index contributed by atoms with van der Waals surface area (Å²) in [7, 11) is 2.06. The van der Waals surface area contributed by atoms with Crippen LogP contribution >= 0.6 is 32.7 Å². The Morgan fingerprint density at radius 3 is 2.83 bits per heavy atom. The summed E-state index contributed by atoms with van der Waals surface area (Å²) in [6, 6.07) is 12.3. The van der Waals surface area contributed by atoms with Crippen molar-refractivity contribution in [1.82, 2.24) is 20.2 Å². The van der Waals surface area contributed by atoms with E-state index in [1.165, 1.54) is 12.8 Å².